The molecule has 1 N–H and O–H groups in total. The van der Waals surface area contributed by atoms with Crippen molar-refractivity contribution in [1.29, 1.82) is 0 Å². The molecule has 0 spiro atoms. The van der Waals surface area contributed by atoms with E-state index in [2.05, 4.69) is 24.2 Å². The van der Waals surface area contributed by atoms with Gasteiger partial charge in [0.05, 0.1) is 0 Å². The molecule has 1 saturated heterocycles. The van der Waals surface area contributed by atoms with Crippen LogP contribution in [0.4, 0.5) is 0 Å². The topological polar surface area (TPSA) is 15.3 Å². The monoisotopic (exact) mass is 196 g/mol. The molecule has 1 aliphatic heterocycles. The highest BCUT2D eigenvalue weighted by molar-refractivity contribution is 4.92. The molecule has 0 aromatic heterocycles. The number of hydrogen-bond acceptors (Lipinski definition) is 2. The van der Waals surface area contributed by atoms with Crippen LogP contribution in [-0.2, 0) is 0 Å². The zero-order chi connectivity index (χ0) is 10.0. The molecule has 0 aromatic rings. The van der Waals surface area contributed by atoms with E-state index in [1.54, 1.807) is 0 Å². The first-order valence-electron chi connectivity index (χ1n) is 6.18. The highest BCUT2D eigenvalue weighted by Gasteiger charge is 2.37. The molecule has 0 bridgehead atoms. The summed E-state index contributed by atoms with van der Waals surface area (Å²) < 4.78 is 0. The Labute approximate surface area is 88.1 Å². The van der Waals surface area contributed by atoms with Gasteiger partial charge in [-0.1, -0.05) is 6.92 Å². The molecule has 0 atom stereocenters. The minimum Gasteiger partial charge on any atom is -0.319 e. The molecular formula is C12H24N2. The van der Waals surface area contributed by atoms with Crippen molar-refractivity contribution < 1.29 is 0 Å². The van der Waals surface area contributed by atoms with E-state index in [0.29, 0.717) is 5.41 Å². The van der Waals surface area contributed by atoms with Crippen LogP contribution in [0, 0.1) is 5.41 Å². The Hall–Kier alpha value is -0.0800. The Morgan fingerprint density at radius 2 is 1.93 bits per heavy atom. The third-order valence-corrected chi connectivity index (χ3v) is 4.22. The van der Waals surface area contributed by atoms with E-state index in [4.69, 9.17) is 0 Å². The number of likely N-dealkylation sites (tertiary alicyclic amines) is 1. The molecule has 0 radical (unpaired) electrons. The van der Waals surface area contributed by atoms with E-state index >= 15 is 0 Å². The first kappa shape index (κ1) is 10.4. The summed E-state index contributed by atoms with van der Waals surface area (Å²) in [6.45, 7) is 6.26. The van der Waals surface area contributed by atoms with Crippen LogP contribution >= 0.6 is 0 Å². The molecule has 2 aliphatic rings. The SMILES string of the molecule is CCC1(CNC)CCN(C2CC2)CC1. The van der Waals surface area contributed by atoms with Gasteiger partial charge >= 0.3 is 0 Å². The normalized spacial score (nSPS) is 27.9. The zero-order valence-electron chi connectivity index (χ0n) is 9.68. The van der Waals surface area contributed by atoms with Gasteiger partial charge in [0, 0.05) is 12.6 Å². The summed E-state index contributed by atoms with van der Waals surface area (Å²) >= 11 is 0. The maximum Gasteiger partial charge on any atom is 0.00964 e. The second-order valence-corrected chi connectivity index (χ2v) is 5.15. The summed E-state index contributed by atoms with van der Waals surface area (Å²) in [5.41, 5.74) is 0.611. The summed E-state index contributed by atoms with van der Waals surface area (Å²) in [5, 5.41) is 3.37. The van der Waals surface area contributed by atoms with Gasteiger partial charge in [-0.25, -0.2) is 0 Å². The molecule has 82 valence electrons. The van der Waals surface area contributed by atoms with Gasteiger partial charge in [-0.2, -0.15) is 0 Å². The molecule has 1 saturated carbocycles. The van der Waals surface area contributed by atoms with Gasteiger partial charge in [-0.3, -0.25) is 0 Å². The molecule has 2 rings (SSSR count). The summed E-state index contributed by atoms with van der Waals surface area (Å²) in [4.78, 5) is 2.71. The van der Waals surface area contributed by atoms with Crippen LogP contribution in [0.25, 0.3) is 0 Å². The first-order valence-corrected chi connectivity index (χ1v) is 6.18. The van der Waals surface area contributed by atoms with Gasteiger partial charge < -0.3 is 10.2 Å². The number of rotatable bonds is 4. The second kappa shape index (κ2) is 4.19. The fourth-order valence-corrected chi connectivity index (χ4v) is 2.83. The van der Waals surface area contributed by atoms with Crippen molar-refractivity contribution in [2.75, 3.05) is 26.7 Å². The van der Waals surface area contributed by atoms with Gasteiger partial charge in [-0.05, 0) is 57.7 Å². The molecule has 2 nitrogen and oxygen atoms in total. The third-order valence-electron chi connectivity index (χ3n) is 4.22. The van der Waals surface area contributed by atoms with E-state index in [0.717, 1.165) is 6.04 Å². The van der Waals surface area contributed by atoms with E-state index < -0.39 is 0 Å². The van der Waals surface area contributed by atoms with Crippen molar-refractivity contribution in [3.8, 4) is 0 Å². The average molecular weight is 196 g/mol. The molecule has 1 aliphatic carbocycles. The third kappa shape index (κ3) is 2.12. The Morgan fingerprint density at radius 3 is 2.36 bits per heavy atom. The van der Waals surface area contributed by atoms with Gasteiger partial charge in [0.2, 0.25) is 0 Å². The van der Waals surface area contributed by atoms with Crippen LogP contribution in [0.2, 0.25) is 0 Å². The van der Waals surface area contributed by atoms with Gasteiger partial charge in [0.25, 0.3) is 0 Å². The zero-order valence-corrected chi connectivity index (χ0v) is 9.68. The molecule has 1 heterocycles. The molecule has 0 unspecified atom stereocenters. The van der Waals surface area contributed by atoms with Crippen molar-refractivity contribution in [2.45, 2.75) is 45.1 Å². The summed E-state index contributed by atoms with van der Waals surface area (Å²) in [5.74, 6) is 0. The number of piperidine rings is 1. The lowest BCUT2D eigenvalue weighted by Crippen LogP contribution is -2.44. The Kier molecular flexibility index (Phi) is 3.13. The molecule has 2 heteroatoms. The fraction of sp³-hybridized carbons (Fsp3) is 1.00. The maximum absolute atomic E-state index is 3.37. The number of hydrogen-bond donors (Lipinski definition) is 1. The minimum atomic E-state index is 0.611. The average Bonchev–Trinajstić information content (AvgIpc) is 3.03. The van der Waals surface area contributed by atoms with Crippen LogP contribution in [0.15, 0.2) is 0 Å². The minimum absolute atomic E-state index is 0.611. The van der Waals surface area contributed by atoms with E-state index in [1.807, 2.05) is 0 Å². The van der Waals surface area contributed by atoms with Crippen LogP contribution in [0.5, 0.6) is 0 Å². The second-order valence-electron chi connectivity index (χ2n) is 5.15. The van der Waals surface area contributed by atoms with Gasteiger partial charge in [-0.15, -0.1) is 0 Å². The number of nitrogens with zero attached hydrogens (tertiary/aromatic N) is 1. The molecular weight excluding hydrogens is 172 g/mol. The predicted molar refractivity (Wildman–Crippen MR) is 60.5 cm³/mol. The molecule has 2 fully saturated rings. The van der Waals surface area contributed by atoms with Crippen LogP contribution in [0.1, 0.15) is 39.0 Å². The van der Waals surface area contributed by atoms with Crippen molar-refractivity contribution in [2.24, 2.45) is 5.41 Å². The van der Waals surface area contributed by atoms with Crippen LogP contribution < -0.4 is 5.32 Å². The highest BCUT2D eigenvalue weighted by Crippen LogP contribution is 2.38. The number of nitrogens with one attached hydrogen (secondary N) is 1. The standard InChI is InChI=1S/C12H24N2/c1-3-12(10-13-2)6-8-14(9-7-12)11-4-5-11/h11,13H,3-10H2,1-2H3. The van der Waals surface area contributed by atoms with Crippen LogP contribution in [-0.4, -0.2) is 37.6 Å². The molecule has 0 aromatic carbocycles. The molecule has 0 amide bonds. The Bertz CT molecular complexity index is 179. The maximum atomic E-state index is 3.37. The van der Waals surface area contributed by atoms with Crippen molar-refractivity contribution in [3.05, 3.63) is 0 Å². The van der Waals surface area contributed by atoms with E-state index in [9.17, 15) is 0 Å². The lowest BCUT2D eigenvalue weighted by atomic mass is 9.76. The molecule has 14 heavy (non-hydrogen) atoms. The summed E-state index contributed by atoms with van der Waals surface area (Å²) in [7, 11) is 2.09. The summed E-state index contributed by atoms with van der Waals surface area (Å²) in [6, 6.07) is 0.972. The van der Waals surface area contributed by atoms with Crippen molar-refractivity contribution in [1.82, 2.24) is 10.2 Å². The lowest BCUT2D eigenvalue weighted by Gasteiger charge is -2.41. The fourth-order valence-electron chi connectivity index (χ4n) is 2.83. The van der Waals surface area contributed by atoms with Gasteiger partial charge in [0.1, 0.15) is 0 Å². The smallest absolute Gasteiger partial charge is 0.00964 e. The van der Waals surface area contributed by atoms with Crippen LogP contribution in [0.3, 0.4) is 0 Å². The lowest BCUT2D eigenvalue weighted by molar-refractivity contribution is 0.0947. The van der Waals surface area contributed by atoms with E-state index in [1.165, 1.54) is 51.7 Å². The highest BCUT2D eigenvalue weighted by atomic mass is 15.2. The van der Waals surface area contributed by atoms with Gasteiger partial charge in [0.15, 0.2) is 0 Å². The van der Waals surface area contributed by atoms with E-state index in [-0.39, 0.29) is 0 Å². The quantitative estimate of drug-likeness (QED) is 0.738. The Balaban J connectivity index is 1.84. The first-order chi connectivity index (χ1) is 6.79. The van der Waals surface area contributed by atoms with Crippen molar-refractivity contribution in [3.63, 3.8) is 0 Å². The Morgan fingerprint density at radius 1 is 1.29 bits per heavy atom. The van der Waals surface area contributed by atoms with Crippen molar-refractivity contribution >= 4 is 0 Å². The largest absolute Gasteiger partial charge is 0.319 e. The summed E-state index contributed by atoms with van der Waals surface area (Å²) in [6.07, 6.45) is 7.07. The predicted octanol–water partition coefficient (Wildman–Crippen LogP) is 1.86.